The molecule has 5 nitrogen and oxygen atoms in total. The number of benzene rings is 1. The summed E-state index contributed by atoms with van der Waals surface area (Å²) in [6.07, 6.45) is 2.33. The summed E-state index contributed by atoms with van der Waals surface area (Å²) in [6, 6.07) is 9.53. The Balaban J connectivity index is 1.78. The van der Waals surface area contributed by atoms with Crippen LogP contribution in [-0.2, 0) is 4.79 Å². The first-order valence-electron chi connectivity index (χ1n) is 9.31. The van der Waals surface area contributed by atoms with Gasteiger partial charge in [-0.3, -0.25) is 9.59 Å². The first-order chi connectivity index (χ1) is 13.0. The van der Waals surface area contributed by atoms with Crippen molar-refractivity contribution in [3.63, 3.8) is 0 Å². The van der Waals surface area contributed by atoms with Crippen molar-refractivity contribution in [2.75, 3.05) is 19.6 Å². The smallest absolute Gasteiger partial charge is 0.289 e. The molecule has 2 aromatic rings. The lowest BCUT2D eigenvalue weighted by molar-refractivity contribution is -0.124. The summed E-state index contributed by atoms with van der Waals surface area (Å²) >= 11 is 0. The van der Waals surface area contributed by atoms with Gasteiger partial charge < -0.3 is 14.6 Å². The Morgan fingerprint density at radius 2 is 2.07 bits per heavy atom. The Kier molecular flexibility index (Phi) is 5.94. The number of carbonyl (C=O) groups is 2. The first-order valence-corrected chi connectivity index (χ1v) is 9.31. The first kappa shape index (κ1) is 19.1. The van der Waals surface area contributed by atoms with Crippen LogP contribution in [0.3, 0.4) is 0 Å². The molecule has 1 aromatic carbocycles. The summed E-state index contributed by atoms with van der Waals surface area (Å²) in [7, 11) is 0. The zero-order valence-electron chi connectivity index (χ0n) is 15.7. The van der Waals surface area contributed by atoms with Crippen molar-refractivity contribution in [2.24, 2.45) is 11.8 Å². The normalized spacial score (nSPS) is 19.5. The van der Waals surface area contributed by atoms with E-state index in [1.54, 1.807) is 23.1 Å². The second-order valence-corrected chi connectivity index (χ2v) is 7.43. The molecule has 6 heteroatoms. The van der Waals surface area contributed by atoms with Crippen LogP contribution in [-0.4, -0.2) is 36.3 Å². The van der Waals surface area contributed by atoms with Gasteiger partial charge in [-0.25, -0.2) is 4.39 Å². The van der Waals surface area contributed by atoms with Crippen LogP contribution in [0.15, 0.2) is 47.1 Å². The summed E-state index contributed by atoms with van der Waals surface area (Å²) in [5.41, 5.74) is 0.730. The van der Waals surface area contributed by atoms with Gasteiger partial charge in [0, 0.05) is 25.6 Å². The molecule has 1 N–H and O–H groups in total. The molecule has 0 radical (unpaired) electrons. The van der Waals surface area contributed by atoms with Gasteiger partial charge in [-0.2, -0.15) is 0 Å². The molecule has 27 heavy (non-hydrogen) atoms. The maximum atomic E-state index is 13.7. The van der Waals surface area contributed by atoms with E-state index in [1.165, 1.54) is 18.4 Å². The highest BCUT2D eigenvalue weighted by Crippen LogP contribution is 2.34. The van der Waals surface area contributed by atoms with Crippen molar-refractivity contribution in [1.82, 2.24) is 10.2 Å². The standard InChI is InChI=1S/C21H25FN2O3/c1-14(2)8-9-23-20(25)18-13-24(21(26)19-7-4-10-27-19)12-17(18)15-5-3-6-16(22)11-15/h3-7,10-11,14,17-18H,8-9,12-13H2,1-2H3,(H,23,25)/t17-,18+/m1/s1. The van der Waals surface area contributed by atoms with Crippen LogP contribution in [0.1, 0.15) is 42.3 Å². The molecule has 2 heterocycles. The minimum atomic E-state index is -0.419. The lowest BCUT2D eigenvalue weighted by Crippen LogP contribution is -2.36. The molecule has 1 aliphatic heterocycles. The Morgan fingerprint density at radius 3 is 2.74 bits per heavy atom. The zero-order chi connectivity index (χ0) is 19.4. The van der Waals surface area contributed by atoms with E-state index in [2.05, 4.69) is 19.2 Å². The molecular weight excluding hydrogens is 347 g/mol. The minimum Gasteiger partial charge on any atom is -0.459 e. The van der Waals surface area contributed by atoms with Gasteiger partial charge in [-0.15, -0.1) is 0 Å². The fraction of sp³-hybridized carbons (Fsp3) is 0.429. The largest absolute Gasteiger partial charge is 0.459 e. The predicted octanol–water partition coefficient (Wildman–Crippen LogP) is 3.44. The molecule has 0 aliphatic carbocycles. The molecule has 1 aromatic heterocycles. The Morgan fingerprint density at radius 1 is 1.26 bits per heavy atom. The minimum absolute atomic E-state index is 0.0975. The number of rotatable bonds is 6. The molecule has 1 aliphatic rings. The predicted molar refractivity (Wildman–Crippen MR) is 99.7 cm³/mol. The van der Waals surface area contributed by atoms with Gasteiger partial charge in [0.25, 0.3) is 5.91 Å². The van der Waals surface area contributed by atoms with Crippen molar-refractivity contribution in [3.05, 3.63) is 59.8 Å². The lowest BCUT2D eigenvalue weighted by atomic mass is 9.88. The number of hydrogen-bond donors (Lipinski definition) is 1. The van der Waals surface area contributed by atoms with Gasteiger partial charge in [0.15, 0.2) is 5.76 Å². The highest BCUT2D eigenvalue weighted by atomic mass is 19.1. The van der Waals surface area contributed by atoms with Crippen LogP contribution in [0.2, 0.25) is 0 Å². The third kappa shape index (κ3) is 4.56. The van der Waals surface area contributed by atoms with Crippen molar-refractivity contribution in [3.8, 4) is 0 Å². The van der Waals surface area contributed by atoms with Gasteiger partial charge in [0.05, 0.1) is 12.2 Å². The summed E-state index contributed by atoms with van der Waals surface area (Å²) in [5, 5.41) is 2.97. The maximum absolute atomic E-state index is 13.7. The molecule has 0 bridgehead atoms. The molecule has 1 saturated heterocycles. The van der Waals surface area contributed by atoms with Gasteiger partial charge >= 0.3 is 0 Å². The highest BCUT2D eigenvalue weighted by molar-refractivity contribution is 5.92. The van der Waals surface area contributed by atoms with Crippen molar-refractivity contribution in [2.45, 2.75) is 26.2 Å². The van der Waals surface area contributed by atoms with Gasteiger partial charge in [0.1, 0.15) is 5.82 Å². The van der Waals surface area contributed by atoms with E-state index in [1.807, 2.05) is 6.07 Å². The van der Waals surface area contributed by atoms with E-state index in [0.717, 1.165) is 12.0 Å². The average Bonchev–Trinajstić information content (AvgIpc) is 3.31. The van der Waals surface area contributed by atoms with Gasteiger partial charge in [-0.05, 0) is 42.2 Å². The third-order valence-corrected chi connectivity index (χ3v) is 4.97. The monoisotopic (exact) mass is 372 g/mol. The summed E-state index contributed by atoms with van der Waals surface area (Å²) < 4.78 is 18.9. The van der Waals surface area contributed by atoms with Gasteiger partial charge in [0.2, 0.25) is 5.91 Å². The van der Waals surface area contributed by atoms with E-state index in [4.69, 9.17) is 4.42 Å². The molecule has 1 fully saturated rings. The number of likely N-dealkylation sites (tertiary alicyclic amines) is 1. The SMILES string of the molecule is CC(C)CCNC(=O)[C@H]1CN(C(=O)c2ccco2)C[C@@H]1c1cccc(F)c1. The Bertz CT molecular complexity index is 788. The van der Waals surface area contributed by atoms with E-state index in [-0.39, 0.29) is 35.9 Å². The molecule has 0 saturated carbocycles. The second kappa shape index (κ2) is 8.37. The van der Waals surface area contributed by atoms with Crippen LogP contribution in [0.4, 0.5) is 4.39 Å². The quantitative estimate of drug-likeness (QED) is 0.845. The number of nitrogens with zero attached hydrogens (tertiary/aromatic N) is 1. The van der Waals surface area contributed by atoms with Crippen LogP contribution < -0.4 is 5.32 Å². The van der Waals surface area contributed by atoms with Crippen LogP contribution in [0.5, 0.6) is 0 Å². The number of furan rings is 1. The Hall–Kier alpha value is -2.63. The van der Waals surface area contributed by atoms with E-state index >= 15 is 0 Å². The number of amides is 2. The van der Waals surface area contributed by atoms with Gasteiger partial charge in [-0.1, -0.05) is 26.0 Å². The average molecular weight is 372 g/mol. The highest BCUT2D eigenvalue weighted by Gasteiger charge is 2.41. The number of halogens is 1. The lowest BCUT2D eigenvalue weighted by Gasteiger charge is -2.18. The second-order valence-electron chi connectivity index (χ2n) is 7.43. The van der Waals surface area contributed by atoms with Crippen LogP contribution in [0.25, 0.3) is 0 Å². The Labute approximate surface area is 158 Å². The summed E-state index contributed by atoms with van der Waals surface area (Å²) in [6.45, 7) is 5.43. The summed E-state index contributed by atoms with van der Waals surface area (Å²) in [5.74, 6) is -0.629. The molecule has 2 atom stereocenters. The molecule has 0 spiro atoms. The fourth-order valence-corrected chi connectivity index (χ4v) is 3.48. The van der Waals surface area contributed by atoms with Crippen molar-refractivity contribution >= 4 is 11.8 Å². The van der Waals surface area contributed by atoms with Crippen LogP contribution >= 0.6 is 0 Å². The van der Waals surface area contributed by atoms with Crippen LogP contribution in [0, 0.1) is 17.7 Å². The van der Waals surface area contributed by atoms with E-state index in [0.29, 0.717) is 19.0 Å². The van der Waals surface area contributed by atoms with E-state index < -0.39 is 5.92 Å². The number of carbonyl (C=O) groups excluding carboxylic acids is 2. The third-order valence-electron chi connectivity index (χ3n) is 4.97. The maximum Gasteiger partial charge on any atom is 0.289 e. The summed E-state index contributed by atoms with van der Waals surface area (Å²) in [4.78, 5) is 27.0. The topological polar surface area (TPSA) is 62.6 Å². The zero-order valence-corrected chi connectivity index (χ0v) is 15.7. The molecule has 2 amide bonds. The van der Waals surface area contributed by atoms with E-state index in [9.17, 15) is 14.0 Å². The van der Waals surface area contributed by atoms with Crippen molar-refractivity contribution < 1.29 is 18.4 Å². The molecule has 144 valence electrons. The molecule has 0 unspecified atom stereocenters. The molecular formula is C21H25FN2O3. The number of hydrogen-bond acceptors (Lipinski definition) is 3. The van der Waals surface area contributed by atoms with Crippen molar-refractivity contribution in [1.29, 1.82) is 0 Å². The fourth-order valence-electron chi connectivity index (χ4n) is 3.48. The molecule has 3 rings (SSSR count). The number of nitrogens with one attached hydrogen (secondary N) is 1.